The van der Waals surface area contributed by atoms with Crippen LogP contribution in [-0.2, 0) is 4.79 Å². The zero-order chi connectivity index (χ0) is 23.2. The average Bonchev–Trinajstić information content (AvgIpc) is 2.82. The third kappa shape index (κ3) is 5.45. The molecule has 5 nitrogen and oxygen atoms in total. The Morgan fingerprint density at radius 1 is 0.909 bits per heavy atom. The Kier molecular flexibility index (Phi) is 6.81. The molecule has 0 fully saturated rings. The number of hydrogen-bond donors (Lipinski definition) is 1. The van der Waals surface area contributed by atoms with E-state index in [0.717, 1.165) is 14.3 Å². The predicted molar refractivity (Wildman–Crippen MR) is 137 cm³/mol. The fourth-order valence-corrected chi connectivity index (χ4v) is 3.86. The molecule has 0 aromatic heterocycles. The maximum absolute atomic E-state index is 12.8. The highest BCUT2D eigenvalue weighted by Gasteiger charge is 2.13. The van der Waals surface area contributed by atoms with Gasteiger partial charge in [0, 0.05) is 9.26 Å². The van der Waals surface area contributed by atoms with Crippen molar-refractivity contribution in [2.75, 3.05) is 5.32 Å². The van der Waals surface area contributed by atoms with Gasteiger partial charge in [0.25, 0.3) is 5.91 Å². The van der Waals surface area contributed by atoms with Crippen molar-refractivity contribution in [2.45, 2.75) is 0 Å². The molecule has 0 heterocycles. The van der Waals surface area contributed by atoms with Crippen LogP contribution in [0, 0.1) is 14.9 Å². The molecule has 0 saturated carbocycles. The van der Waals surface area contributed by atoms with Gasteiger partial charge in [-0.05, 0) is 81.4 Å². The standard InChI is InChI=1S/C27H17IN2O3/c28-21-9-5-10-22(16-21)30-26(31)20(17-29)14-18-6-3-11-23(15-18)33-27(32)25-13-4-8-19-7-1-2-12-24(19)25/h1-16H,(H,30,31)/b20-14+. The van der Waals surface area contributed by atoms with E-state index in [4.69, 9.17) is 4.74 Å². The summed E-state index contributed by atoms with van der Waals surface area (Å²) in [6, 6.07) is 29.0. The minimum absolute atomic E-state index is 0.0635. The second kappa shape index (κ2) is 10.1. The number of carbonyl (C=O) groups is 2. The first-order valence-electron chi connectivity index (χ1n) is 10.0. The molecule has 4 rings (SSSR count). The Bertz CT molecular complexity index is 1430. The van der Waals surface area contributed by atoms with Crippen LogP contribution in [0.3, 0.4) is 0 Å². The lowest BCUT2D eigenvalue weighted by atomic mass is 10.0. The maximum atomic E-state index is 12.8. The number of rotatable bonds is 5. The number of nitrogens with zero attached hydrogens (tertiary/aromatic N) is 1. The average molecular weight is 544 g/mol. The topological polar surface area (TPSA) is 79.2 Å². The van der Waals surface area contributed by atoms with Crippen LogP contribution in [0.1, 0.15) is 15.9 Å². The molecule has 0 aliphatic heterocycles. The van der Waals surface area contributed by atoms with Gasteiger partial charge in [0.05, 0.1) is 5.56 Å². The molecular weight excluding hydrogens is 527 g/mol. The molecule has 0 aliphatic carbocycles. The molecule has 0 spiro atoms. The van der Waals surface area contributed by atoms with E-state index in [1.165, 1.54) is 6.08 Å². The number of fused-ring (bicyclic) bond motifs is 1. The number of halogens is 1. The molecule has 0 bridgehead atoms. The molecule has 4 aromatic rings. The number of amides is 1. The highest BCUT2D eigenvalue weighted by atomic mass is 127. The number of anilines is 1. The van der Waals surface area contributed by atoms with Gasteiger partial charge in [-0.25, -0.2) is 4.79 Å². The summed E-state index contributed by atoms with van der Waals surface area (Å²) in [6.45, 7) is 0. The van der Waals surface area contributed by atoms with Crippen LogP contribution in [-0.4, -0.2) is 11.9 Å². The lowest BCUT2D eigenvalue weighted by Crippen LogP contribution is -2.13. The first-order valence-corrected chi connectivity index (χ1v) is 11.1. The molecule has 4 aromatic carbocycles. The second-order valence-electron chi connectivity index (χ2n) is 7.12. The Morgan fingerprint density at radius 3 is 2.48 bits per heavy atom. The Labute approximate surface area is 204 Å². The van der Waals surface area contributed by atoms with E-state index in [9.17, 15) is 14.9 Å². The van der Waals surface area contributed by atoms with E-state index in [-0.39, 0.29) is 5.57 Å². The molecule has 0 aliphatic rings. The fraction of sp³-hybridized carbons (Fsp3) is 0. The maximum Gasteiger partial charge on any atom is 0.344 e. The number of carbonyl (C=O) groups excluding carboxylic acids is 2. The van der Waals surface area contributed by atoms with E-state index in [1.54, 1.807) is 42.5 Å². The number of nitrogens with one attached hydrogen (secondary N) is 1. The van der Waals surface area contributed by atoms with Crippen molar-refractivity contribution < 1.29 is 14.3 Å². The van der Waals surface area contributed by atoms with Gasteiger partial charge in [-0.3, -0.25) is 4.79 Å². The quantitative estimate of drug-likeness (QED) is 0.107. The van der Waals surface area contributed by atoms with Crippen molar-refractivity contribution in [1.82, 2.24) is 0 Å². The van der Waals surface area contributed by atoms with Gasteiger partial charge >= 0.3 is 5.97 Å². The monoisotopic (exact) mass is 544 g/mol. The molecule has 0 atom stereocenters. The Balaban J connectivity index is 1.54. The van der Waals surface area contributed by atoms with Gasteiger partial charge in [0.2, 0.25) is 0 Å². The fourth-order valence-electron chi connectivity index (χ4n) is 3.31. The first kappa shape index (κ1) is 22.2. The van der Waals surface area contributed by atoms with Gasteiger partial charge in [0.15, 0.2) is 0 Å². The van der Waals surface area contributed by atoms with Crippen molar-refractivity contribution >= 4 is 57.0 Å². The summed E-state index contributed by atoms with van der Waals surface area (Å²) in [7, 11) is 0. The summed E-state index contributed by atoms with van der Waals surface area (Å²) in [5.41, 5.74) is 1.56. The van der Waals surface area contributed by atoms with E-state index < -0.39 is 11.9 Å². The molecular formula is C27H17IN2O3. The van der Waals surface area contributed by atoms with Gasteiger partial charge < -0.3 is 10.1 Å². The summed E-state index contributed by atoms with van der Waals surface area (Å²) >= 11 is 2.15. The van der Waals surface area contributed by atoms with Crippen molar-refractivity contribution in [2.24, 2.45) is 0 Å². The molecule has 33 heavy (non-hydrogen) atoms. The minimum Gasteiger partial charge on any atom is -0.423 e. The molecule has 0 radical (unpaired) electrons. The largest absolute Gasteiger partial charge is 0.423 e. The second-order valence-corrected chi connectivity index (χ2v) is 8.37. The summed E-state index contributed by atoms with van der Waals surface area (Å²) in [5, 5.41) is 14.0. The van der Waals surface area contributed by atoms with Crippen molar-refractivity contribution in [1.29, 1.82) is 5.26 Å². The lowest BCUT2D eigenvalue weighted by molar-refractivity contribution is -0.112. The van der Waals surface area contributed by atoms with Crippen LogP contribution in [0.15, 0.2) is 96.6 Å². The van der Waals surface area contributed by atoms with Crippen LogP contribution in [0.25, 0.3) is 16.8 Å². The molecule has 0 unspecified atom stereocenters. The van der Waals surface area contributed by atoms with E-state index in [1.807, 2.05) is 54.6 Å². The van der Waals surface area contributed by atoms with Crippen LogP contribution in [0.4, 0.5) is 5.69 Å². The normalized spacial score (nSPS) is 11.0. The van der Waals surface area contributed by atoms with Crippen LogP contribution >= 0.6 is 22.6 Å². The molecule has 160 valence electrons. The highest BCUT2D eigenvalue weighted by molar-refractivity contribution is 14.1. The molecule has 1 amide bonds. The van der Waals surface area contributed by atoms with Crippen molar-refractivity contribution in [3.8, 4) is 11.8 Å². The Hall–Kier alpha value is -3.96. The number of esters is 1. The van der Waals surface area contributed by atoms with Gasteiger partial charge in [0.1, 0.15) is 17.4 Å². The van der Waals surface area contributed by atoms with Crippen LogP contribution in [0.5, 0.6) is 5.75 Å². The Morgan fingerprint density at radius 2 is 1.67 bits per heavy atom. The SMILES string of the molecule is N#C/C(=C\c1cccc(OC(=O)c2cccc3ccccc23)c1)C(=O)Nc1cccc(I)c1. The molecule has 1 N–H and O–H groups in total. The smallest absolute Gasteiger partial charge is 0.344 e. The zero-order valence-electron chi connectivity index (χ0n) is 17.3. The first-order chi connectivity index (χ1) is 16.0. The summed E-state index contributed by atoms with van der Waals surface area (Å²) in [5.74, 6) is -0.681. The van der Waals surface area contributed by atoms with Gasteiger partial charge in [-0.1, -0.05) is 54.6 Å². The molecule has 6 heteroatoms. The summed E-state index contributed by atoms with van der Waals surface area (Å²) in [6.07, 6.45) is 1.46. The third-order valence-electron chi connectivity index (χ3n) is 4.84. The number of ether oxygens (including phenoxy) is 1. The van der Waals surface area contributed by atoms with E-state index in [0.29, 0.717) is 22.6 Å². The third-order valence-corrected chi connectivity index (χ3v) is 5.51. The zero-order valence-corrected chi connectivity index (χ0v) is 19.4. The van der Waals surface area contributed by atoms with Crippen molar-refractivity contribution in [3.05, 3.63) is 111 Å². The minimum atomic E-state index is -0.516. The van der Waals surface area contributed by atoms with Crippen LogP contribution in [0.2, 0.25) is 0 Å². The summed E-state index contributed by atoms with van der Waals surface area (Å²) in [4.78, 5) is 25.3. The highest BCUT2D eigenvalue weighted by Crippen LogP contribution is 2.22. The number of nitriles is 1. The van der Waals surface area contributed by atoms with E-state index >= 15 is 0 Å². The van der Waals surface area contributed by atoms with Crippen LogP contribution < -0.4 is 10.1 Å². The van der Waals surface area contributed by atoms with Gasteiger partial charge in [-0.2, -0.15) is 5.26 Å². The van der Waals surface area contributed by atoms with E-state index in [2.05, 4.69) is 27.9 Å². The van der Waals surface area contributed by atoms with Gasteiger partial charge in [-0.15, -0.1) is 0 Å². The number of benzene rings is 4. The summed E-state index contributed by atoms with van der Waals surface area (Å²) < 4.78 is 6.55. The lowest BCUT2D eigenvalue weighted by Gasteiger charge is -2.08. The predicted octanol–water partition coefficient (Wildman–Crippen LogP) is 6.21. The number of hydrogen-bond acceptors (Lipinski definition) is 4. The van der Waals surface area contributed by atoms with Crippen molar-refractivity contribution in [3.63, 3.8) is 0 Å². The molecule has 0 saturated heterocycles.